The van der Waals surface area contributed by atoms with Gasteiger partial charge in [0.2, 0.25) is 0 Å². The van der Waals surface area contributed by atoms with Crippen LogP contribution in [0.15, 0.2) is 22.7 Å². The summed E-state index contributed by atoms with van der Waals surface area (Å²) in [7, 11) is 0. The predicted octanol–water partition coefficient (Wildman–Crippen LogP) is 3.11. The van der Waals surface area contributed by atoms with Crippen LogP contribution in [-0.2, 0) is 0 Å². The third-order valence-electron chi connectivity index (χ3n) is 1.42. The fourth-order valence-electron chi connectivity index (χ4n) is 0.917. The van der Waals surface area contributed by atoms with Gasteiger partial charge in [-0.25, -0.2) is 0 Å². The quantitative estimate of drug-likeness (QED) is 0.795. The number of benzene rings is 1. The molecule has 13 heavy (non-hydrogen) atoms. The molecule has 1 aromatic rings. The molecular formula is C10H10BrNO. The van der Waals surface area contributed by atoms with Gasteiger partial charge >= 0.3 is 0 Å². The molecule has 0 aliphatic rings. The van der Waals surface area contributed by atoms with E-state index < -0.39 is 0 Å². The van der Waals surface area contributed by atoms with Gasteiger partial charge in [0.1, 0.15) is 5.75 Å². The van der Waals surface area contributed by atoms with Crippen LogP contribution < -0.4 is 4.74 Å². The Morgan fingerprint density at radius 1 is 1.46 bits per heavy atom. The van der Waals surface area contributed by atoms with Gasteiger partial charge in [0.25, 0.3) is 0 Å². The first kappa shape index (κ1) is 10.1. The summed E-state index contributed by atoms with van der Waals surface area (Å²) in [6.45, 7) is 3.90. The highest BCUT2D eigenvalue weighted by Crippen LogP contribution is 2.26. The van der Waals surface area contributed by atoms with Gasteiger partial charge in [-0.15, -0.1) is 0 Å². The molecule has 0 saturated carbocycles. The van der Waals surface area contributed by atoms with Crippen LogP contribution in [0.2, 0.25) is 0 Å². The summed E-state index contributed by atoms with van der Waals surface area (Å²) in [6, 6.07) is 7.36. The molecule has 0 saturated heterocycles. The van der Waals surface area contributed by atoms with Crippen molar-refractivity contribution >= 4 is 15.9 Å². The number of hydrogen-bond acceptors (Lipinski definition) is 2. The van der Waals surface area contributed by atoms with Gasteiger partial charge in [0.15, 0.2) is 0 Å². The molecule has 0 amide bonds. The van der Waals surface area contributed by atoms with Crippen molar-refractivity contribution in [3.8, 4) is 11.8 Å². The van der Waals surface area contributed by atoms with Crippen LogP contribution in [0.1, 0.15) is 19.4 Å². The highest BCUT2D eigenvalue weighted by molar-refractivity contribution is 9.10. The minimum absolute atomic E-state index is 0.116. The Kier molecular flexibility index (Phi) is 3.32. The maximum Gasteiger partial charge on any atom is 0.135 e. The first-order valence-corrected chi connectivity index (χ1v) is 4.79. The van der Waals surface area contributed by atoms with Crippen molar-refractivity contribution in [1.82, 2.24) is 0 Å². The van der Waals surface area contributed by atoms with Gasteiger partial charge < -0.3 is 4.74 Å². The third-order valence-corrected chi connectivity index (χ3v) is 2.08. The Balaban J connectivity index is 2.99. The second-order valence-corrected chi connectivity index (χ2v) is 3.78. The summed E-state index contributed by atoms with van der Waals surface area (Å²) >= 11 is 3.35. The summed E-state index contributed by atoms with van der Waals surface area (Å²) in [5, 5.41) is 8.67. The zero-order valence-electron chi connectivity index (χ0n) is 7.54. The zero-order chi connectivity index (χ0) is 9.84. The SMILES string of the molecule is CC(C)Oc1cc(C#N)ccc1Br. The fraction of sp³-hybridized carbons (Fsp3) is 0.300. The molecule has 0 bridgehead atoms. The molecular weight excluding hydrogens is 230 g/mol. The Hall–Kier alpha value is -1.01. The van der Waals surface area contributed by atoms with E-state index in [4.69, 9.17) is 10.00 Å². The van der Waals surface area contributed by atoms with Gasteiger partial charge in [-0.05, 0) is 48.0 Å². The summed E-state index contributed by atoms with van der Waals surface area (Å²) < 4.78 is 6.36. The second kappa shape index (κ2) is 4.29. The van der Waals surface area contributed by atoms with Gasteiger partial charge in [0.05, 0.1) is 22.2 Å². The Morgan fingerprint density at radius 3 is 2.69 bits per heavy atom. The van der Waals surface area contributed by atoms with E-state index in [1.807, 2.05) is 19.9 Å². The van der Waals surface area contributed by atoms with Crippen LogP contribution in [0.5, 0.6) is 5.75 Å². The van der Waals surface area contributed by atoms with Gasteiger partial charge in [-0.3, -0.25) is 0 Å². The third kappa shape index (κ3) is 2.74. The standard InChI is InChI=1S/C10H10BrNO/c1-7(2)13-10-5-8(6-12)3-4-9(10)11/h3-5,7H,1-2H3. The molecule has 0 unspecified atom stereocenters. The van der Waals surface area contributed by atoms with Crippen molar-refractivity contribution in [3.63, 3.8) is 0 Å². The normalized spacial score (nSPS) is 9.77. The van der Waals surface area contributed by atoms with Crippen molar-refractivity contribution in [3.05, 3.63) is 28.2 Å². The van der Waals surface area contributed by atoms with Crippen molar-refractivity contribution in [2.24, 2.45) is 0 Å². The molecule has 0 atom stereocenters. The van der Waals surface area contributed by atoms with Gasteiger partial charge in [0, 0.05) is 0 Å². The molecule has 3 heteroatoms. The minimum Gasteiger partial charge on any atom is -0.490 e. The average molecular weight is 240 g/mol. The number of nitrogens with zero attached hydrogens (tertiary/aromatic N) is 1. The van der Waals surface area contributed by atoms with E-state index in [0.717, 1.165) is 4.47 Å². The van der Waals surface area contributed by atoms with Crippen LogP contribution in [-0.4, -0.2) is 6.10 Å². The minimum atomic E-state index is 0.116. The van der Waals surface area contributed by atoms with Gasteiger partial charge in [-0.1, -0.05) is 0 Å². The molecule has 0 aromatic heterocycles. The van der Waals surface area contributed by atoms with Crippen molar-refractivity contribution in [1.29, 1.82) is 5.26 Å². The number of hydrogen-bond donors (Lipinski definition) is 0. The monoisotopic (exact) mass is 239 g/mol. The summed E-state index contributed by atoms with van der Waals surface area (Å²) in [5.41, 5.74) is 0.610. The lowest BCUT2D eigenvalue weighted by molar-refractivity contribution is 0.241. The van der Waals surface area contributed by atoms with E-state index in [2.05, 4.69) is 22.0 Å². The molecule has 0 aliphatic heterocycles. The van der Waals surface area contributed by atoms with Crippen LogP contribution in [0.3, 0.4) is 0 Å². The molecule has 0 aliphatic carbocycles. The maximum atomic E-state index is 8.67. The van der Waals surface area contributed by atoms with Crippen molar-refractivity contribution in [2.45, 2.75) is 20.0 Å². The van der Waals surface area contributed by atoms with Crippen molar-refractivity contribution < 1.29 is 4.74 Å². The van der Waals surface area contributed by atoms with Crippen LogP contribution >= 0.6 is 15.9 Å². The first-order chi connectivity index (χ1) is 6.13. The van der Waals surface area contributed by atoms with E-state index in [0.29, 0.717) is 11.3 Å². The number of halogens is 1. The highest BCUT2D eigenvalue weighted by atomic mass is 79.9. The van der Waals surface area contributed by atoms with E-state index in [1.165, 1.54) is 0 Å². The lowest BCUT2D eigenvalue weighted by Gasteiger charge is -2.11. The van der Waals surface area contributed by atoms with E-state index in [-0.39, 0.29) is 6.10 Å². The summed E-state index contributed by atoms with van der Waals surface area (Å²) in [5.74, 6) is 0.717. The molecule has 0 radical (unpaired) electrons. The topological polar surface area (TPSA) is 33.0 Å². The van der Waals surface area contributed by atoms with Crippen LogP contribution in [0.25, 0.3) is 0 Å². The highest BCUT2D eigenvalue weighted by Gasteiger charge is 2.04. The summed E-state index contributed by atoms with van der Waals surface area (Å²) in [4.78, 5) is 0. The van der Waals surface area contributed by atoms with Crippen LogP contribution in [0.4, 0.5) is 0 Å². The van der Waals surface area contributed by atoms with Crippen molar-refractivity contribution in [2.75, 3.05) is 0 Å². The molecule has 0 N–H and O–H groups in total. The smallest absolute Gasteiger partial charge is 0.135 e. The average Bonchev–Trinajstić information content (AvgIpc) is 2.08. The largest absolute Gasteiger partial charge is 0.490 e. The molecule has 0 spiro atoms. The summed E-state index contributed by atoms with van der Waals surface area (Å²) in [6.07, 6.45) is 0.116. The Bertz CT molecular complexity index is 341. The number of ether oxygens (including phenoxy) is 1. The predicted molar refractivity (Wildman–Crippen MR) is 54.6 cm³/mol. The zero-order valence-corrected chi connectivity index (χ0v) is 9.13. The maximum absolute atomic E-state index is 8.67. The molecule has 1 aromatic carbocycles. The molecule has 1 rings (SSSR count). The lowest BCUT2D eigenvalue weighted by Crippen LogP contribution is -2.06. The van der Waals surface area contributed by atoms with Crippen LogP contribution in [0, 0.1) is 11.3 Å². The first-order valence-electron chi connectivity index (χ1n) is 4.00. The fourth-order valence-corrected chi connectivity index (χ4v) is 1.26. The van der Waals surface area contributed by atoms with Gasteiger partial charge in [-0.2, -0.15) is 5.26 Å². The number of nitriles is 1. The molecule has 68 valence electrons. The van der Waals surface area contributed by atoms with E-state index in [1.54, 1.807) is 12.1 Å². The molecule has 0 heterocycles. The Morgan fingerprint density at radius 2 is 2.15 bits per heavy atom. The molecule has 2 nitrogen and oxygen atoms in total. The molecule has 0 fully saturated rings. The van der Waals surface area contributed by atoms with E-state index >= 15 is 0 Å². The lowest BCUT2D eigenvalue weighted by atomic mass is 10.2. The van der Waals surface area contributed by atoms with E-state index in [9.17, 15) is 0 Å². The second-order valence-electron chi connectivity index (χ2n) is 2.92. The Labute approximate surface area is 86.3 Å². The number of rotatable bonds is 2.